The van der Waals surface area contributed by atoms with Crippen LogP contribution < -0.4 is 5.32 Å². The molecule has 0 bridgehead atoms. The first-order valence-electron chi connectivity index (χ1n) is 8.76. The standard InChI is InChI=1S/C21H24N2O2S/c1-14-4-8-17(9-5-14)12-22-20(25)19-13-26-21(23(19)16(3)24)18-10-6-15(2)7-11-18/h4-11,19,21H,12-13H2,1-3H3,(H,22,25). The van der Waals surface area contributed by atoms with Crippen molar-refractivity contribution < 1.29 is 9.59 Å². The van der Waals surface area contributed by atoms with Crippen molar-refractivity contribution in [1.29, 1.82) is 0 Å². The number of nitrogens with zero attached hydrogens (tertiary/aromatic N) is 1. The molecule has 0 radical (unpaired) electrons. The van der Waals surface area contributed by atoms with E-state index in [1.807, 2.05) is 62.4 Å². The molecule has 1 aliphatic heterocycles. The molecule has 136 valence electrons. The zero-order valence-corrected chi connectivity index (χ0v) is 16.2. The number of thioether (sulfide) groups is 1. The van der Waals surface area contributed by atoms with E-state index in [1.165, 1.54) is 18.1 Å². The second-order valence-electron chi connectivity index (χ2n) is 6.74. The number of rotatable bonds is 4. The van der Waals surface area contributed by atoms with Gasteiger partial charge in [-0.3, -0.25) is 9.59 Å². The molecule has 1 N–H and O–H groups in total. The molecule has 1 fully saturated rings. The first kappa shape index (κ1) is 18.5. The molecule has 0 aromatic heterocycles. The molecule has 5 heteroatoms. The van der Waals surface area contributed by atoms with E-state index in [0.29, 0.717) is 12.3 Å². The molecule has 4 nitrogen and oxygen atoms in total. The quantitative estimate of drug-likeness (QED) is 0.897. The maximum atomic E-state index is 12.7. The first-order valence-corrected chi connectivity index (χ1v) is 9.81. The number of carbonyl (C=O) groups excluding carboxylic acids is 2. The van der Waals surface area contributed by atoms with E-state index < -0.39 is 6.04 Å². The molecule has 1 saturated heterocycles. The maximum Gasteiger partial charge on any atom is 0.243 e. The van der Waals surface area contributed by atoms with Gasteiger partial charge in [0.05, 0.1) is 0 Å². The molecular formula is C21H24N2O2S. The predicted molar refractivity (Wildman–Crippen MR) is 106 cm³/mol. The molecule has 0 aliphatic carbocycles. The average Bonchev–Trinajstić information content (AvgIpc) is 3.07. The molecule has 0 spiro atoms. The van der Waals surface area contributed by atoms with Crippen LogP contribution in [-0.2, 0) is 16.1 Å². The van der Waals surface area contributed by atoms with Crippen molar-refractivity contribution in [1.82, 2.24) is 10.2 Å². The van der Waals surface area contributed by atoms with Crippen LogP contribution in [-0.4, -0.2) is 28.5 Å². The largest absolute Gasteiger partial charge is 0.350 e. The zero-order valence-electron chi connectivity index (χ0n) is 15.4. The minimum absolute atomic E-state index is 0.0731. The number of hydrogen-bond acceptors (Lipinski definition) is 3. The molecule has 2 aromatic rings. The van der Waals surface area contributed by atoms with Crippen molar-refractivity contribution in [3.63, 3.8) is 0 Å². The highest BCUT2D eigenvalue weighted by Gasteiger charge is 2.40. The number of nitrogens with one attached hydrogen (secondary N) is 1. The van der Waals surface area contributed by atoms with Crippen molar-refractivity contribution in [2.75, 3.05) is 5.75 Å². The third-order valence-electron chi connectivity index (χ3n) is 4.62. The summed E-state index contributed by atoms with van der Waals surface area (Å²) in [6, 6.07) is 15.8. The summed E-state index contributed by atoms with van der Waals surface area (Å²) in [7, 11) is 0. The van der Waals surface area contributed by atoms with Crippen LogP contribution in [0.25, 0.3) is 0 Å². The molecule has 3 rings (SSSR count). The first-order chi connectivity index (χ1) is 12.5. The summed E-state index contributed by atoms with van der Waals surface area (Å²) in [5.41, 5.74) is 4.48. The van der Waals surface area contributed by atoms with Crippen molar-refractivity contribution in [3.05, 3.63) is 70.8 Å². The van der Waals surface area contributed by atoms with Crippen molar-refractivity contribution in [2.24, 2.45) is 0 Å². The minimum Gasteiger partial charge on any atom is -0.350 e. The van der Waals surface area contributed by atoms with Gasteiger partial charge >= 0.3 is 0 Å². The van der Waals surface area contributed by atoms with Gasteiger partial charge in [-0.25, -0.2) is 0 Å². The van der Waals surface area contributed by atoms with E-state index >= 15 is 0 Å². The summed E-state index contributed by atoms with van der Waals surface area (Å²) in [6.45, 7) is 6.08. The highest BCUT2D eigenvalue weighted by Crippen LogP contribution is 2.41. The van der Waals surface area contributed by atoms with Crippen molar-refractivity contribution in [3.8, 4) is 0 Å². The van der Waals surface area contributed by atoms with E-state index in [0.717, 1.165) is 11.1 Å². The second-order valence-corrected chi connectivity index (χ2v) is 7.86. The van der Waals surface area contributed by atoms with Crippen molar-refractivity contribution >= 4 is 23.6 Å². The Balaban J connectivity index is 1.70. The van der Waals surface area contributed by atoms with Gasteiger partial charge in [0.1, 0.15) is 11.4 Å². The number of amides is 2. The Morgan fingerprint density at radius 1 is 1.04 bits per heavy atom. The van der Waals surface area contributed by atoms with Gasteiger partial charge in [0.2, 0.25) is 11.8 Å². The predicted octanol–water partition coefficient (Wildman–Crippen LogP) is 3.58. The molecule has 2 unspecified atom stereocenters. The number of hydrogen-bond donors (Lipinski definition) is 1. The van der Waals surface area contributed by atoms with Gasteiger partial charge in [0, 0.05) is 19.2 Å². The fourth-order valence-corrected chi connectivity index (χ4v) is 4.58. The fraction of sp³-hybridized carbons (Fsp3) is 0.333. The van der Waals surface area contributed by atoms with Gasteiger partial charge in [-0.15, -0.1) is 11.8 Å². The lowest BCUT2D eigenvalue weighted by Crippen LogP contribution is -2.47. The summed E-state index contributed by atoms with van der Waals surface area (Å²) < 4.78 is 0. The topological polar surface area (TPSA) is 49.4 Å². The van der Waals surface area contributed by atoms with Crippen LogP contribution in [0.5, 0.6) is 0 Å². The molecule has 1 aliphatic rings. The molecule has 2 atom stereocenters. The Morgan fingerprint density at radius 2 is 1.62 bits per heavy atom. The summed E-state index contributed by atoms with van der Waals surface area (Å²) in [6.07, 6.45) is 0. The number of carbonyl (C=O) groups is 2. The van der Waals surface area contributed by atoms with Gasteiger partial charge in [-0.2, -0.15) is 0 Å². The smallest absolute Gasteiger partial charge is 0.243 e. The second kappa shape index (κ2) is 7.96. The zero-order chi connectivity index (χ0) is 18.7. The maximum absolute atomic E-state index is 12.7. The van der Waals surface area contributed by atoms with Crippen molar-refractivity contribution in [2.45, 2.75) is 38.7 Å². The van der Waals surface area contributed by atoms with E-state index in [-0.39, 0.29) is 17.2 Å². The van der Waals surface area contributed by atoms with Crippen LogP contribution in [0.1, 0.15) is 34.6 Å². The van der Waals surface area contributed by atoms with Gasteiger partial charge in [0.15, 0.2) is 0 Å². The van der Waals surface area contributed by atoms with Crippen LogP contribution in [0.2, 0.25) is 0 Å². The van der Waals surface area contributed by atoms with Gasteiger partial charge in [-0.1, -0.05) is 59.7 Å². The Labute approximate surface area is 159 Å². The van der Waals surface area contributed by atoms with Crippen LogP contribution >= 0.6 is 11.8 Å². The normalized spacial score (nSPS) is 19.4. The molecule has 26 heavy (non-hydrogen) atoms. The highest BCUT2D eigenvalue weighted by molar-refractivity contribution is 7.99. The lowest BCUT2D eigenvalue weighted by Gasteiger charge is -2.28. The monoisotopic (exact) mass is 368 g/mol. The molecule has 0 saturated carbocycles. The molecule has 1 heterocycles. The summed E-state index contributed by atoms with van der Waals surface area (Å²) in [4.78, 5) is 26.7. The molecular weight excluding hydrogens is 344 g/mol. The Morgan fingerprint density at radius 3 is 2.19 bits per heavy atom. The summed E-state index contributed by atoms with van der Waals surface area (Å²) in [5, 5.41) is 2.87. The highest BCUT2D eigenvalue weighted by atomic mass is 32.2. The Bertz CT molecular complexity index is 787. The van der Waals surface area contributed by atoms with Gasteiger partial charge in [0.25, 0.3) is 0 Å². The average molecular weight is 369 g/mol. The Hall–Kier alpha value is -2.27. The van der Waals surface area contributed by atoms with E-state index in [2.05, 4.69) is 5.32 Å². The van der Waals surface area contributed by atoms with E-state index in [9.17, 15) is 9.59 Å². The van der Waals surface area contributed by atoms with E-state index in [4.69, 9.17) is 0 Å². The lowest BCUT2D eigenvalue weighted by molar-refractivity contribution is -0.138. The van der Waals surface area contributed by atoms with Crippen LogP contribution in [0, 0.1) is 13.8 Å². The summed E-state index contributed by atoms with van der Waals surface area (Å²) in [5.74, 6) is 0.441. The lowest BCUT2D eigenvalue weighted by atomic mass is 10.1. The van der Waals surface area contributed by atoms with E-state index in [1.54, 1.807) is 16.7 Å². The van der Waals surface area contributed by atoms with Crippen LogP contribution in [0.4, 0.5) is 0 Å². The molecule has 2 aromatic carbocycles. The van der Waals surface area contributed by atoms with Crippen LogP contribution in [0.15, 0.2) is 48.5 Å². The third-order valence-corrected chi connectivity index (χ3v) is 5.94. The van der Waals surface area contributed by atoms with Gasteiger partial charge < -0.3 is 10.2 Å². The third kappa shape index (κ3) is 4.10. The van der Waals surface area contributed by atoms with Crippen LogP contribution in [0.3, 0.4) is 0 Å². The van der Waals surface area contributed by atoms with Gasteiger partial charge in [-0.05, 0) is 25.0 Å². The Kier molecular flexibility index (Phi) is 5.67. The SMILES string of the molecule is CC(=O)N1C(C(=O)NCc2ccc(C)cc2)CSC1c1ccc(C)cc1. The number of benzene rings is 2. The molecule has 2 amide bonds. The number of aryl methyl sites for hydroxylation is 2. The minimum atomic E-state index is -0.436. The fourth-order valence-electron chi connectivity index (χ4n) is 3.09. The summed E-state index contributed by atoms with van der Waals surface area (Å²) >= 11 is 1.64.